The number of benzene rings is 3. The van der Waals surface area contributed by atoms with Crippen molar-refractivity contribution in [1.82, 2.24) is 9.47 Å². The van der Waals surface area contributed by atoms with Gasteiger partial charge >= 0.3 is 0 Å². The molecule has 1 aromatic heterocycles. The van der Waals surface area contributed by atoms with Gasteiger partial charge in [-0.15, -0.1) is 11.8 Å². The second kappa shape index (κ2) is 8.47. The largest absolute Gasteiger partial charge is 0.312 e. The quantitative estimate of drug-likeness (QED) is 0.325. The third-order valence-electron chi connectivity index (χ3n) is 6.87. The number of nitrogens with zero attached hydrogens (tertiary/aromatic N) is 2. The maximum absolute atomic E-state index is 13.1. The predicted octanol–water partition coefficient (Wildman–Crippen LogP) is 6.40. The Hall–Kier alpha value is -2.89. The molecule has 33 heavy (non-hydrogen) atoms. The maximum Gasteiger partial charge on any atom is 0.162 e. The van der Waals surface area contributed by atoms with Crippen molar-refractivity contribution in [2.45, 2.75) is 36.5 Å². The first-order valence-electron chi connectivity index (χ1n) is 11.6. The molecule has 0 atom stereocenters. The molecule has 0 saturated carbocycles. The van der Waals surface area contributed by atoms with E-state index in [1.807, 2.05) is 11.8 Å². The van der Waals surface area contributed by atoms with Crippen molar-refractivity contribution in [1.29, 1.82) is 0 Å². The van der Waals surface area contributed by atoms with Gasteiger partial charge in [-0.2, -0.15) is 0 Å². The molecule has 166 valence electrons. The molecule has 0 aliphatic carbocycles. The summed E-state index contributed by atoms with van der Waals surface area (Å²) in [6, 6.07) is 21.4. The summed E-state index contributed by atoms with van der Waals surface area (Å²) in [5.41, 5.74) is 7.52. The van der Waals surface area contributed by atoms with E-state index in [4.69, 9.17) is 0 Å². The minimum atomic E-state index is -0.307. The average Bonchev–Trinajstić information content (AvgIpc) is 3.07. The standard InChI is InChI=1S/C28H25FN2OS/c29-21-12-10-19(11-13-21)26(32)8-4-15-30-16-14-25-23(17-30)22-6-3-9-27-28(22)31(25)24-7-2-1-5-20(24)18-33-27/h1-3,5-7,9-13H,4,8,14-18H2. The molecule has 0 spiro atoms. The summed E-state index contributed by atoms with van der Waals surface area (Å²) in [7, 11) is 0. The third-order valence-corrected chi connectivity index (χ3v) is 7.97. The fourth-order valence-corrected chi connectivity index (χ4v) is 6.32. The Balaban J connectivity index is 1.24. The molecule has 0 saturated heterocycles. The van der Waals surface area contributed by atoms with Crippen molar-refractivity contribution in [3.8, 4) is 5.69 Å². The van der Waals surface area contributed by atoms with E-state index < -0.39 is 0 Å². The number of Topliss-reactive ketones (excluding diaryl/α,β-unsaturated/α-hetero) is 1. The molecule has 0 bridgehead atoms. The number of carbonyl (C=O) groups is 1. The van der Waals surface area contributed by atoms with Crippen LogP contribution in [0.15, 0.2) is 71.6 Å². The van der Waals surface area contributed by atoms with Crippen molar-refractivity contribution in [3.63, 3.8) is 0 Å². The summed E-state index contributed by atoms with van der Waals surface area (Å²) in [4.78, 5) is 16.3. The fraction of sp³-hybridized carbons (Fsp3) is 0.250. The van der Waals surface area contributed by atoms with Gasteiger partial charge in [0.25, 0.3) is 0 Å². The van der Waals surface area contributed by atoms with Crippen LogP contribution in [0.25, 0.3) is 16.6 Å². The lowest BCUT2D eigenvalue weighted by Gasteiger charge is -2.28. The van der Waals surface area contributed by atoms with E-state index in [1.165, 1.54) is 50.4 Å². The normalized spacial score (nSPS) is 15.2. The number of carbonyl (C=O) groups excluding carboxylic acids is 1. The van der Waals surface area contributed by atoms with Crippen LogP contribution in [-0.2, 0) is 18.7 Å². The summed E-state index contributed by atoms with van der Waals surface area (Å²) in [6.45, 7) is 2.81. The number of aromatic nitrogens is 1. The molecule has 2 aliphatic rings. The highest BCUT2D eigenvalue weighted by Gasteiger charge is 2.28. The molecule has 2 aliphatic heterocycles. The summed E-state index contributed by atoms with van der Waals surface area (Å²) in [5.74, 6) is 0.781. The van der Waals surface area contributed by atoms with Crippen molar-refractivity contribution >= 4 is 28.4 Å². The Morgan fingerprint density at radius 3 is 2.73 bits per heavy atom. The lowest BCUT2D eigenvalue weighted by atomic mass is 10.0. The third kappa shape index (κ3) is 3.69. The Morgan fingerprint density at radius 2 is 1.85 bits per heavy atom. The number of rotatable bonds is 5. The molecule has 0 unspecified atom stereocenters. The summed E-state index contributed by atoms with van der Waals surface area (Å²) < 4.78 is 15.6. The average molecular weight is 457 g/mol. The van der Waals surface area contributed by atoms with E-state index in [0.29, 0.717) is 12.0 Å². The number of halogens is 1. The zero-order valence-corrected chi connectivity index (χ0v) is 19.2. The van der Waals surface area contributed by atoms with Gasteiger partial charge in [-0.25, -0.2) is 4.39 Å². The molecule has 3 aromatic carbocycles. The SMILES string of the molecule is O=C(CCCN1CCc2c(c3cccc4c3n2-c2ccccc2CS4)C1)c1ccc(F)cc1. The predicted molar refractivity (Wildman–Crippen MR) is 132 cm³/mol. The first-order chi connectivity index (χ1) is 16.2. The first-order valence-corrected chi connectivity index (χ1v) is 12.5. The maximum atomic E-state index is 13.1. The Bertz CT molecular complexity index is 1360. The van der Waals surface area contributed by atoms with Crippen LogP contribution in [0.3, 0.4) is 0 Å². The van der Waals surface area contributed by atoms with Crippen molar-refractivity contribution < 1.29 is 9.18 Å². The molecule has 0 N–H and O–H groups in total. The van der Waals surface area contributed by atoms with Gasteiger partial charge in [0.15, 0.2) is 5.78 Å². The number of para-hydroxylation sites is 2. The summed E-state index contributed by atoms with van der Waals surface area (Å²) in [5, 5.41) is 1.36. The Kier molecular flexibility index (Phi) is 5.31. The van der Waals surface area contributed by atoms with E-state index in [0.717, 1.165) is 38.2 Å². The van der Waals surface area contributed by atoms with E-state index in [9.17, 15) is 9.18 Å². The molecule has 6 rings (SSSR count). The zero-order valence-electron chi connectivity index (χ0n) is 18.4. The van der Waals surface area contributed by atoms with Crippen molar-refractivity contribution in [2.75, 3.05) is 13.1 Å². The highest BCUT2D eigenvalue weighted by atomic mass is 32.2. The van der Waals surface area contributed by atoms with Gasteiger partial charge in [0, 0.05) is 58.9 Å². The molecule has 3 nitrogen and oxygen atoms in total. The number of hydrogen-bond donors (Lipinski definition) is 0. The molecule has 0 radical (unpaired) electrons. The molecular formula is C28H25FN2OS. The van der Waals surface area contributed by atoms with Crippen LogP contribution < -0.4 is 0 Å². The highest BCUT2D eigenvalue weighted by molar-refractivity contribution is 7.98. The molecule has 5 heteroatoms. The Morgan fingerprint density at radius 1 is 1.00 bits per heavy atom. The molecule has 0 amide bonds. The van der Waals surface area contributed by atoms with Gasteiger partial charge in [-0.1, -0.05) is 30.3 Å². The van der Waals surface area contributed by atoms with E-state index in [1.54, 1.807) is 12.1 Å². The van der Waals surface area contributed by atoms with Crippen LogP contribution in [0.4, 0.5) is 4.39 Å². The van der Waals surface area contributed by atoms with Gasteiger partial charge in [0.05, 0.1) is 5.52 Å². The summed E-state index contributed by atoms with van der Waals surface area (Å²) in [6.07, 6.45) is 2.31. The first kappa shape index (κ1) is 20.7. The number of fused-ring (bicyclic) bond motifs is 5. The van der Waals surface area contributed by atoms with Crippen LogP contribution in [0, 0.1) is 5.82 Å². The lowest BCUT2D eigenvalue weighted by Crippen LogP contribution is -2.32. The van der Waals surface area contributed by atoms with E-state index in [-0.39, 0.29) is 11.6 Å². The topological polar surface area (TPSA) is 25.2 Å². The second-order valence-corrected chi connectivity index (χ2v) is 9.91. The van der Waals surface area contributed by atoms with Crippen molar-refractivity contribution in [2.24, 2.45) is 0 Å². The van der Waals surface area contributed by atoms with Crippen LogP contribution >= 0.6 is 11.8 Å². The zero-order chi connectivity index (χ0) is 22.4. The van der Waals surface area contributed by atoms with Crippen LogP contribution in [0.2, 0.25) is 0 Å². The van der Waals surface area contributed by atoms with Gasteiger partial charge < -0.3 is 4.57 Å². The van der Waals surface area contributed by atoms with E-state index >= 15 is 0 Å². The summed E-state index contributed by atoms with van der Waals surface area (Å²) >= 11 is 1.93. The van der Waals surface area contributed by atoms with Crippen molar-refractivity contribution in [3.05, 3.63) is 94.9 Å². The van der Waals surface area contributed by atoms with Gasteiger partial charge in [-0.3, -0.25) is 9.69 Å². The molecule has 0 fully saturated rings. The molecule has 3 heterocycles. The molecule has 4 aromatic rings. The monoisotopic (exact) mass is 456 g/mol. The number of hydrogen-bond acceptors (Lipinski definition) is 3. The second-order valence-electron chi connectivity index (χ2n) is 8.89. The Labute approximate surface area is 197 Å². The molecular weight excluding hydrogens is 431 g/mol. The van der Waals surface area contributed by atoms with Crippen LogP contribution in [-0.4, -0.2) is 28.3 Å². The van der Waals surface area contributed by atoms with Crippen LogP contribution in [0.5, 0.6) is 0 Å². The number of thioether (sulfide) groups is 1. The minimum Gasteiger partial charge on any atom is -0.312 e. The minimum absolute atomic E-state index is 0.0877. The van der Waals surface area contributed by atoms with Gasteiger partial charge in [0.2, 0.25) is 0 Å². The van der Waals surface area contributed by atoms with Gasteiger partial charge in [0.1, 0.15) is 5.82 Å². The smallest absolute Gasteiger partial charge is 0.162 e. The lowest BCUT2D eigenvalue weighted by molar-refractivity contribution is 0.0973. The van der Waals surface area contributed by atoms with E-state index in [2.05, 4.69) is 51.9 Å². The highest BCUT2D eigenvalue weighted by Crippen LogP contribution is 2.42. The van der Waals surface area contributed by atoms with Crippen LogP contribution in [0.1, 0.15) is 40.0 Å². The van der Waals surface area contributed by atoms with Gasteiger partial charge in [-0.05, 0) is 60.5 Å². The number of ketones is 1. The fourth-order valence-electron chi connectivity index (χ4n) is 5.25.